The average molecular weight is 256 g/mol. The van der Waals surface area contributed by atoms with Crippen LogP contribution in [0.5, 0.6) is 0 Å². The molecule has 1 saturated heterocycles. The second-order valence-corrected chi connectivity index (χ2v) is 4.74. The van der Waals surface area contributed by atoms with Crippen LogP contribution in [0.3, 0.4) is 0 Å². The van der Waals surface area contributed by atoms with Gasteiger partial charge in [0.1, 0.15) is 16.8 Å². The molecule has 1 aromatic heterocycles. The van der Waals surface area contributed by atoms with Gasteiger partial charge in [0.05, 0.1) is 6.61 Å². The monoisotopic (exact) mass is 255 g/mol. The summed E-state index contributed by atoms with van der Waals surface area (Å²) >= 11 is 5.95. The Balaban J connectivity index is 1.99. The van der Waals surface area contributed by atoms with Crippen molar-refractivity contribution in [3.05, 3.63) is 17.0 Å². The van der Waals surface area contributed by atoms with E-state index in [1.54, 1.807) is 0 Å². The summed E-state index contributed by atoms with van der Waals surface area (Å²) in [5, 5.41) is 0.515. The van der Waals surface area contributed by atoms with Gasteiger partial charge >= 0.3 is 0 Å². The Morgan fingerprint density at radius 3 is 3.06 bits per heavy atom. The topological polar surface area (TPSA) is 38.2 Å². The first-order valence-corrected chi connectivity index (χ1v) is 6.40. The second kappa shape index (κ2) is 5.65. The standard InChI is InChI=1S/C12H18ClN3O/c1-3-17-8-10-4-5-16(7-10)12-6-11(13)14-9(2)15-12/h6,10H,3-5,7-8H2,1-2H3/t10-/m1/s1. The van der Waals surface area contributed by atoms with Crippen LogP contribution < -0.4 is 4.90 Å². The van der Waals surface area contributed by atoms with Crippen LogP contribution in [0, 0.1) is 12.8 Å². The van der Waals surface area contributed by atoms with E-state index in [4.69, 9.17) is 16.3 Å². The van der Waals surface area contributed by atoms with Crippen molar-refractivity contribution in [3.63, 3.8) is 0 Å². The van der Waals surface area contributed by atoms with E-state index in [9.17, 15) is 0 Å². The molecular weight excluding hydrogens is 238 g/mol. The second-order valence-electron chi connectivity index (χ2n) is 4.36. The van der Waals surface area contributed by atoms with Crippen molar-refractivity contribution in [1.82, 2.24) is 9.97 Å². The summed E-state index contributed by atoms with van der Waals surface area (Å²) in [5.74, 6) is 2.26. The van der Waals surface area contributed by atoms with Gasteiger partial charge in [0, 0.05) is 31.7 Å². The first kappa shape index (κ1) is 12.6. The minimum absolute atomic E-state index is 0.515. The van der Waals surface area contributed by atoms with Gasteiger partial charge in [-0.25, -0.2) is 9.97 Å². The van der Waals surface area contributed by atoms with E-state index in [0.29, 0.717) is 11.1 Å². The van der Waals surface area contributed by atoms with Gasteiger partial charge in [0.2, 0.25) is 0 Å². The summed E-state index contributed by atoms with van der Waals surface area (Å²) in [6, 6.07) is 1.83. The lowest BCUT2D eigenvalue weighted by Gasteiger charge is -2.17. The quantitative estimate of drug-likeness (QED) is 0.774. The molecule has 2 rings (SSSR count). The van der Waals surface area contributed by atoms with Crippen LogP contribution in [0.15, 0.2) is 6.07 Å². The van der Waals surface area contributed by atoms with Gasteiger partial charge < -0.3 is 9.64 Å². The predicted octanol–water partition coefficient (Wildman–Crippen LogP) is 2.30. The molecule has 0 bridgehead atoms. The molecular formula is C12H18ClN3O. The minimum Gasteiger partial charge on any atom is -0.381 e. The molecule has 1 fully saturated rings. The van der Waals surface area contributed by atoms with Gasteiger partial charge in [-0.05, 0) is 20.3 Å². The smallest absolute Gasteiger partial charge is 0.134 e. The fourth-order valence-corrected chi connectivity index (χ4v) is 2.36. The molecule has 1 aliphatic heterocycles. The zero-order chi connectivity index (χ0) is 12.3. The van der Waals surface area contributed by atoms with Gasteiger partial charge in [-0.1, -0.05) is 11.6 Å². The molecule has 0 N–H and O–H groups in total. The number of hydrogen-bond donors (Lipinski definition) is 0. The first-order chi connectivity index (χ1) is 8.19. The molecule has 0 aliphatic carbocycles. The summed E-state index contributed by atoms with van der Waals surface area (Å²) in [4.78, 5) is 10.8. The maximum atomic E-state index is 5.95. The molecule has 0 saturated carbocycles. The average Bonchev–Trinajstić information content (AvgIpc) is 2.73. The van der Waals surface area contributed by atoms with Crippen LogP contribution in [0.4, 0.5) is 5.82 Å². The largest absolute Gasteiger partial charge is 0.381 e. The molecule has 1 aliphatic rings. The normalized spacial score (nSPS) is 19.9. The van der Waals surface area contributed by atoms with Crippen molar-refractivity contribution >= 4 is 17.4 Å². The number of halogens is 1. The Kier molecular flexibility index (Phi) is 4.18. The van der Waals surface area contributed by atoms with Crippen molar-refractivity contribution in [2.45, 2.75) is 20.3 Å². The van der Waals surface area contributed by atoms with E-state index >= 15 is 0 Å². The van der Waals surface area contributed by atoms with Crippen molar-refractivity contribution in [2.24, 2.45) is 5.92 Å². The van der Waals surface area contributed by atoms with Crippen LogP contribution in [0.25, 0.3) is 0 Å². The Hall–Kier alpha value is -0.870. The number of rotatable bonds is 4. The summed E-state index contributed by atoms with van der Waals surface area (Å²) in [6.45, 7) is 7.53. The van der Waals surface area contributed by atoms with Crippen LogP contribution in [-0.2, 0) is 4.74 Å². The highest BCUT2D eigenvalue weighted by Crippen LogP contribution is 2.24. The number of aryl methyl sites for hydroxylation is 1. The lowest BCUT2D eigenvalue weighted by atomic mass is 10.1. The third-order valence-corrected chi connectivity index (χ3v) is 3.15. The van der Waals surface area contributed by atoms with E-state index in [1.165, 1.54) is 0 Å². The van der Waals surface area contributed by atoms with Crippen LogP contribution in [0.2, 0.25) is 5.15 Å². The van der Waals surface area contributed by atoms with E-state index in [1.807, 2.05) is 19.9 Å². The van der Waals surface area contributed by atoms with E-state index in [0.717, 1.165) is 44.4 Å². The molecule has 2 heterocycles. The number of anilines is 1. The number of aromatic nitrogens is 2. The van der Waals surface area contributed by atoms with Gasteiger partial charge in [-0.2, -0.15) is 0 Å². The lowest BCUT2D eigenvalue weighted by Crippen LogP contribution is -2.22. The molecule has 0 unspecified atom stereocenters. The maximum absolute atomic E-state index is 5.95. The molecule has 0 spiro atoms. The molecule has 4 nitrogen and oxygen atoms in total. The van der Waals surface area contributed by atoms with E-state index < -0.39 is 0 Å². The Morgan fingerprint density at radius 2 is 2.35 bits per heavy atom. The van der Waals surface area contributed by atoms with Gasteiger partial charge in [-0.15, -0.1) is 0 Å². The molecule has 5 heteroatoms. The van der Waals surface area contributed by atoms with Crippen molar-refractivity contribution in [1.29, 1.82) is 0 Å². The van der Waals surface area contributed by atoms with Crippen LogP contribution >= 0.6 is 11.6 Å². The Morgan fingerprint density at radius 1 is 1.53 bits per heavy atom. The Labute approximate surface area is 107 Å². The van der Waals surface area contributed by atoms with Crippen molar-refractivity contribution < 1.29 is 4.74 Å². The highest BCUT2D eigenvalue weighted by molar-refractivity contribution is 6.29. The fraction of sp³-hybridized carbons (Fsp3) is 0.667. The zero-order valence-electron chi connectivity index (χ0n) is 10.3. The summed E-state index contributed by atoms with van der Waals surface area (Å²) in [5.41, 5.74) is 0. The first-order valence-electron chi connectivity index (χ1n) is 6.03. The highest BCUT2D eigenvalue weighted by atomic mass is 35.5. The molecule has 0 amide bonds. The number of hydrogen-bond acceptors (Lipinski definition) is 4. The molecule has 17 heavy (non-hydrogen) atoms. The molecule has 1 atom stereocenters. The van der Waals surface area contributed by atoms with E-state index in [2.05, 4.69) is 14.9 Å². The molecule has 0 aromatic carbocycles. The van der Waals surface area contributed by atoms with E-state index in [-0.39, 0.29) is 0 Å². The van der Waals surface area contributed by atoms with Crippen molar-refractivity contribution in [3.8, 4) is 0 Å². The van der Waals surface area contributed by atoms with Gasteiger partial charge in [0.25, 0.3) is 0 Å². The number of ether oxygens (including phenoxy) is 1. The maximum Gasteiger partial charge on any atom is 0.134 e. The molecule has 1 aromatic rings. The van der Waals surface area contributed by atoms with Gasteiger partial charge in [-0.3, -0.25) is 0 Å². The van der Waals surface area contributed by atoms with Crippen LogP contribution in [-0.4, -0.2) is 36.3 Å². The summed E-state index contributed by atoms with van der Waals surface area (Å²) < 4.78 is 5.46. The summed E-state index contributed by atoms with van der Waals surface area (Å²) in [7, 11) is 0. The lowest BCUT2D eigenvalue weighted by molar-refractivity contribution is 0.117. The van der Waals surface area contributed by atoms with Crippen LogP contribution in [0.1, 0.15) is 19.2 Å². The van der Waals surface area contributed by atoms with Crippen molar-refractivity contribution in [2.75, 3.05) is 31.2 Å². The fourth-order valence-electron chi connectivity index (χ4n) is 2.14. The third-order valence-electron chi connectivity index (χ3n) is 2.96. The Bertz CT molecular complexity index is 366. The zero-order valence-corrected chi connectivity index (χ0v) is 11.1. The molecule has 0 radical (unpaired) electrons. The minimum atomic E-state index is 0.515. The summed E-state index contributed by atoms with van der Waals surface area (Å²) in [6.07, 6.45) is 1.15. The third kappa shape index (κ3) is 3.30. The SMILES string of the molecule is CCOC[C@@H]1CCN(c2cc(Cl)nc(C)n2)C1. The molecule has 94 valence electrons. The van der Waals surface area contributed by atoms with Gasteiger partial charge in [0.15, 0.2) is 0 Å². The number of nitrogens with zero attached hydrogens (tertiary/aromatic N) is 3. The highest BCUT2D eigenvalue weighted by Gasteiger charge is 2.23. The predicted molar refractivity (Wildman–Crippen MR) is 68.6 cm³/mol.